The molecule has 142 valence electrons. The summed E-state index contributed by atoms with van der Waals surface area (Å²) in [5, 5.41) is 9.81. The van der Waals surface area contributed by atoms with Gasteiger partial charge in [0, 0.05) is 11.8 Å². The van der Waals surface area contributed by atoms with Crippen LogP contribution in [0.4, 0.5) is 0 Å². The Hall–Kier alpha value is -1.51. The van der Waals surface area contributed by atoms with Gasteiger partial charge in [-0.3, -0.25) is 4.79 Å². The molecule has 0 radical (unpaired) electrons. The molecule has 4 rings (SSSR count). The van der Waals surface area contributed by atoms with E-state index in [9.17, 15) is 9.90 Å². The molecule has 1 N–H and O–H groups in total. The maximum absolute atomic E-state index is 12.2. The first kappa shape index (κ1) is 17.9. The van der Waals surface area contributed by atoms with E-state index in [4.69, 9.17) is 4.74 Å². The van der Waals surface area contributed by atoms with Crippen LogP contribution in [0.25, 0.3) is 0 Å². The van der Waals surface area contributed by atoms with E-state index in [1.165, 1.54) is 30.4 Å². The number of fused-ring (bicyclic) bond motifs is 5. The molecule has 2 fully saturated rings. The van der Waals surface area contributed by atoms with E-state index >= 15 is 0 Å². The molecule has 0 amide bonds. The van der Waals surface area contributed by atoms with Gasteiger partial charge < -0.3 is 9.84 Å². The van der Waals surface area contributed by atoms with Crippen LogP contribution in [-0.2, 0) is 16.0 Å². The Balaban J connectivity index is 1.51. The third kappa shape index (κ3) is 2.93. The molecule has 3 aliphatic rings. The average molecular weight is 357 g/mol. The molecule has 5 atom stereocenters. The second-order valence-electron chi connectivity index (χ2n) is 9.00. The molecular weight excluding hydrogens is 324 g/mol. The van der Waals surface area contributed by atoms with Gasteiger partial charge in [0.1, 0.15) is 11.9 Å². The summed E-state index contributed by atoms with van der Waals surface area (Å²) in [6.07, 6.45) is 9.47. The van der Waals surface area contributed by atoms with Gasteiger partial charge in [0.05, 0.1) is 0 Å². The van der Waals surface area contributed by atoms with Crippen molar-refractivity contribution < 1.29 is 14.6 Å². The predicted molar refractivity (Wildman–Crippen MR) is 102 cm³/mol. The smallest absolute Gasteiger partial charge is 0.306 e. The third-order valence-corrected chi connectivity index (χ3v) is 7.63. The molecule has 3 aliphatic carbocycles. The van der Waals surface area contributed by atoms with Crippen LogP contribution in [-0.4, -0.2) is 17.2 Å². The quantitative estimate of drug-likeness (QED) is 0.740. The summed E-state index contributed by atoms with van der Waals surface area (Å²) in [4.78, 5) is 12.2. The molecule has 1 aromatic rings. The van der Waals surface area contributed by atoms with Crippen molar-refractivity contribution in [3.05, 3.63) is 29.3 Å². The minimum absolute atomic E-state index is 0.00492. The van der Waals surface area contributed by atoms with Crippen LogP contribution in [0.1, 0.15) is 82.3 Å². The fourth-order valence-corrected chi connectivity index (χ4v) is 6.25. The molecule has 0 saturated heterocycles. The summed E-state index contributed by atoms with van der Waals surface area (Å²) in [7, 11) is 0. The number of ether oxygens (including phenoxy) is 1. The zero-order valence-corrected chi connectivity index (χ0v) is 16.2. The Morgan fingerprint density at radius 2 is 2.12 bits per heavy atom. The molecule has 0 heterocycles. The number of hydrogen-bond donors (Lipinski definition) is 1. The van der Waals surface area contributed by atoms with Gasteiger partial charge in [0.2, 0.25) is 0 Å². The van der Waals surface area contributed by atoms with Gasteiger partial charge in [-0.25, -0.2) is 0 Å². The molecule has 0 unspecified atom stereocenters. The van der Waals surface area contributed by atoms with Crippen LogP contribution in [0.2, 0.25) is 0 Å². The van der Waals surface area contributed by atoms with E-state index in [-0.39, 0.29) is 17.5 Å². The largest absolute Gasteiger partial charge is 0.508 e. The normalized spacial score (nSPS) is 35.3. The number of phenols is 1. The van der Waals surface area contributed by atoms with E-state index in [1.54, 1.807) is 0 Å². The Bertz CT molecular complexity index is 682. The molecule has 1 aromatic carbocycles. The number of hydrogen-bond acceptors (Lipinski definition) is 3. The zero-order chi connectivity index (χ0) is 18.3. The fourth-order valence-electron chi connectivity index (χ4n) is 6.25. The summed E-state index contributed by atoms with van der Waals surface area (Å²) in [5.74, 6) is 2.37. The predicted octanol–water partition coefficient (Wildman–Crippen LogP) is 5.35. The lowest BCUT2D eigenvalue weighted by molar-refractivity contribution is -0.157. The van der Waals surface area contributed by atoms with E-state index < -0.39 is 0 Å². The van der Waals surface area contributed by atoms with Gasteiger partial charge in [0.25, 0.3) is 0 Å². The first-order chi connectivity index (χ1) is 12.5. The zero-order valence-electron chi connectivity index (χ0n) is 16.2. The lowest BCUT2D eigenvalue weighted by Crippen LogP contribution is -2.45. The number of rotatable bonds is 4. The summed E-state index contributed by atoms with van der Waals surface area (Å²) >= 11 is 0. The number of unbranched alkanes of at least 4 members (excludes halogenated alkanes) is 1. The summed E-state index contributed by atoms with van der Waals surface area (Å²) in [5.41, 5.74) is 2.96. The van der Waals surface area contributed by atoms with Crippen molar-refractivity contribution in [2.45, 2.75) is 83.7 Å². The molecular formula is C23H32O3. The van der Waals surface area contributed by atoms with Crippen LogP contribution in [0.3, 0.4) is 0 Å². The molecule has 3 heteroatoms. The Morgan fingerprint density at radius 3 is 2.92 bits per heavy atom. The van der Waals surface area contributed by atoms with Gasteiger partial charge in [-0.15, -0.1) is 0 Å². The van der Waals surface area contributed by atoms with Crippen molar-refractivity contribution in [2.75, 3.05) is 0 Å². The first-order valence-electron chi connectivity index (χ1n) is 10.5. The van der Waals surface area contributed by atoms with E-state index in [0.717, 1.165) is 32.1 Å². The second kappa shape index (κ2) is 6.90. The van der Waals surface area contributed by atoms with Crippen molar-refractivity contribution >= 4 is 5.97 Å². The van der Waals surface area contributed by atoms with Crippen molar-refractivity contribution in [1.82, 2.24) is 0 Å². The molecule has 0 aliphatic heterocycles. The molecule has 3 nitrogen and oxygen atoms in total. The van der Waals surface area contributed by atoms with Gasteiger partial charge in [0.15, 0.2) is 0 Å². The summed E-state index contributed by atoms with van der Waals surface area (Å²) < 4.78 is 5.98. The van der Waals surface area contributed by atoms with E-state index in [0.29, 0.717) is 29.9 Å². The fraction of sp³-hybridized carbons (Fsp3) is 0.696. The van der Waals surface area contributed by atoms with Crippen LogP contribution in [0.5, 0.6) is 5.75 Å². The van der Waals surface area contributed by atoms with Crippen molar-refractivity contribution in [3.63, 3.8) is 0 Å². The molecule has 0 bridgehead atoms. The van der Waals surface area contributed by atoms with Crippen molar-refractivity contribution in [2.24, 2.45) is 17.3 Å². The minimum atomic E-state index is 0.00492. The van der Waals surface area contributed by atoms with Crippen LogP contribution >= 0.6 is 0 Å². The lowest BCUT2D eigenvalue weighted by Gasteiger charge is -2.50. The summed E-state index contributed by atoms with van der Waals surface area (Å²) in [6, 6.07) is 5.97. The Morgan fingerprint density at radius 1 is 1.27 bits per heavy atom. The van der Waals surface area contributed by atoms with Crippen molar-refractivity contribution in [1.29, 1.82) is 0 Å². The standard InChI is InChI=1S/C23H32O3/c1-3-4-5-22(25)26-21-11-10-20-19-8-6-15-14-16(24)7-9-17(15)18(19)12-13-23(20,21)2/h7,9,14,18-21,24H,3-6,8,10-13H2,1-2H3/t18-,19-,20-,21+,23+/m1/s1. The van der Waals surface area contributed by atoms with Gasteiger partial charge in [-0.1, -0.05) is 26.3 Å². The maximum atomic E-state index is 12.2. The first-order valence-corrected chi connectivity index (χ1v) is 10.5. The number of phenolic OH excluding ortho intramolecular Hbond substituents is 1. The van der Waals surface area contributed by atoms with Crippen LogP contribution < -0.4 is 0 Å². The minimum Gasteiger partial charge on any atom is -0.508 e. The highest BCUT2D eigenvalue weighted by molar-refractivity contribution is 5.69. The molecule has 0 spiro atoms. The van der Waals surface area contributed by atoms with Gasteiger partial charge >= 0.3 is 5.97 Å². The molecule has 26 heavy (non-hydrogen) atoms. The lowest BCUT2D eigenvalue weighted by atomic mass is 9.55. The topological polar surface area (TPSA) is 46.5 Å². The maximum Gasteiger partial charge on any atom is 0.306 e. The van der Waals surface area contributed by atoms with Crippen molar-refractivity contribution in [3.8, 4) is 5.75 Å². The summed E-state index contributed by atoms with van der Waals surface area (Å²) in [6.45, 7) is 4.49. The second-order valence-corrected chi connectivity index (χ2v) is 9.00. The number of esters is 1. The van der Waals surface area contributed by atoms with Gasteiger partial charge in [-0.05, 0) is 86.0 Å². The van der Waals surface area contributed by atoms with E-state index in [2.05, 4.69) is 19.9 Å². The highest BCUT2D eigenvalue weighted by Gasteiger charge is 2.56. The SMILES string of the molecule is CCCCC(=O)O[C@H]1CC[C@@H]2[C@@H]3CCc4cc(O)ccc4[C@H]3CC[C@]12C. The number of aromatic hydroxyl groups is 1. The van der Waals surface area contributed by atoms with Crippen LogP contribution in [0, 0.1) is 17.3 Å². The number of benzene rings is 1. The highest BCUT2D eigenvalue weighted by Crippen LogP contribution is 2.61. The average Bonchev–Trinajstić information content (AvgIpc) is 2.96. The molecule has 2 saturated carbocycles. The molecule has 0 aromatic heterocycles. The van der Waals surface area contributed by atoms with Gasteiger partial charge in [-0.2, -0.15) is 0 Å². The third-order valence-electron chi connectivity index (χ3n) is 7.63. The highest BCUT2D eigenvalue weighted by atomic mass is 16.5. The Labute approximate surface area is 157 Å². The Kier molecular flexibility index (Phi) is 4.75. The monoisotopic (exact) mass is 356 g/mol. The van der Waals surface area contributed by atoms with E-state index in [1.807, 2.05) is 12.1 Å². The van der Waals surface area contributed by atoms with Crippen LogP contribution in [0.15, 0.2) is 18.2 Å². The number of aryl methyl sites for hydroxylation is 1. The number of carbonyl (C=O) groups is 1. The number of carbonyl (C=O) groups excluding carboxylic acids is 1.